The van der Waals surface area contributed by atoms with E-state index < -0.39 is 10.0 Å². The van der Waals surface area contributed by atoms with Crippen molar-refractivity contribution in [1.82, 2.24) is 9.62 Å². The molecule has 0 spiro atoms. The summed E-state index contributed by atoms with van der Waals surface area (Å²) < 4.78 is 38.6. The zero-order chi connectivity index (χ0) is 14.0. The molecule has 0 saturated heterocycles. The van der Waals surface area contributed by atoms with Crippen LogP contribution in [0.3, 0.4) is 0 Å². The molecule has 0 radical (unpaired) electrons. The molecule has 1 aromatic carbocycles. The van der Waals surface area contributed by atoms with E-state index in [-0.39, 0.29) is 24.0 Å². The summed E-state index contributed by atoms with van der Waals surface area (Å²) in [6, 6.07) is 4.31. The Bertz CT molecular complexity index is 601. The van der Waals surface area contributed by atoms with Crippen molar-refractivity contribution in [3.8, 4) is 0 Å². The van der Waals surface area contributed by atoms with Gasteiger partial charge >= 0.3 is 0 Å². The van der Waals surface area contributed by atoms with Crippen LogP contribution in [0.1, 0.15) is 18.1 Å². The van der Waals surface area contributed by atoms with Crippen LogP contribution >= 0.6 is 0 Å². The van der Waals surface area contributed by atoms with Crippen molar-refractivity contribution in [2.24, 2.45) is 0 Å². The second kappa shape index (κ2) is 5.26. The molecule has 0 amide bonds. The lowest BCUT2D eigenvalue weighted by Gasteiger charge is -2.17. The van der Waals surface area contributed by atoms with Gasteiger partial charge in [0.05, 0.1) is 5.75 Å². The van der Waals surface area contributed by atoms with Gasteiger partial charge in [0.15, 0.2) is 0 Å². The van der Waals surface area contributed by atoms with E-state index in [0.717, 1.165) is 5.56 Å². The van der Waals surface area contributed by atoms with Crippen LogP contribution in [-0.4, -0.2) is 38.0 Å². The average molecular weight is 285 g/mol. The monoisotopic (exact) mass is 285 g/mol. The lowest BCUT2D eigenvalue weighted by Crippen LogP contribution is -2.34. The van der Waals surface area contributed by atoms with Gasteiger partial charge in [0.2, 0.25) is 10.0 Å². The van der Waals surface area contributed by atoms with E-state index in [1.165, 1.54) is 12.1 Å². The quantitative estimate of drug-likeness (QED) is 0.844. The number of nitrogens with one attached hydrogen (secondary N) is 2. The third kappa shape index (κ3) is 3.10. The van der Waals surface area contributed by atoms with E-state index >= 15 is 0 Å². The standard InChI is InChI=1S/C12H16FN3O2S/c1-2-15-19(17,18)6-5-16-8-9-3-4-10(13)7-11(9)12(16)14/h3-4,7,14-15H,2,5-6,8H2,1H3. The summed E-state index contributed by atoms with van der Waals surface area (Å²) in [5.41, 5.74) is 1.40. The molecule has 0 aliphatic carbocycles. The number of amidine groups is 1. The van der Waals surface area contributed by atoms with Gasteiger partial charge in [-0.2, -0.15) is 0 Å². The highest BCUT2D eigenvalue weighted by Crippen LogP contribution is 2.23. The van der Waals surface area contributed by atoms with E-state index in [9.17, 15) is 12.8 Å². The van der Waals surface area contributed by atoms with Crippen molar-refractivity contribution in [2.45, 2.75) is 13.5 Å². The maximum absolute atomic E-state index is 13.1. The first-order valence-electron chi connectivity index (χ1n) is 6.02. The maximum atomic E-state index is 13.1. The Morgan fingerprint density at radius 2 is 2.21 bits per heavy atom. The Labute approximate surface area is 112 Å². The van der Waals surface area contributed by atoms with Crippen LogP contribution in [0, 0.1) is 11.2 Å². The predicted octanol–water partition coefficient (Wildman–Crippen LogP) is 0.906. The molecule has 0 fully saturated rings. The van der Waals surface area contributed by atoms with Gasteiger partial charge in [-0.25, -0.2) is 17.5 Å². The van der Waals surface area contributed by atoms with E-state index in [2.05, 4.69) is 4.72 Å². The lowest BCUT2D eigenvalue weighted by atomic mass is 10.1. The Kier molecular flexibility index (Phi) is 3.86. The number of halogens is 1. The predicted molar refractivity (Wildman–Crippen MR) is 71.1 cm³/mol. The van der Waals surface area contributed by atoms with Crippen LogP contribution in [0.5, 0.6) is 0 Å². The Balaban J connectivity index is 2.05. The van der Waals surface area contributed by atoms with Gasteiger partial charge in [-0.15, -0.1) is 0 Å². The molecule has 0 aromatic heterocycles. The maximum Gasteiger partial charge on any atom is 0.213 e. The highest BCUT2D eigenvalue weighted by atomic mass is 32.2. The third-order valence-electron chi connectivity index (χ3n) is 3.00. The highest BCUT2D eigenvalue weighted by Gasteiger charge is 2.25. The first kappa shape index (κ1) is 14.0. The van der Waals surface area contributed by atoms with Gasteiger partial charge in [-0.1, -0.05) is 13.0 Å². The fourth-order valence-corrected chi connectivity index (χ4v) is 3.12. The third-order valence-corrected chi connectivity index (χ3v) is 4.45. The molecule has 2 rings (SSSR count). The molecule has 7 heteroatoms. The summed E-state index contributed by atoms with van der Waals surface area (Å²) in [4.78, 5) is 1.64. The van der Waals surface area contributed by atoms with Gasteiger partial charge < -0.3 is 4.90 Å². The van der Waals surface area contributed by atoms with Crippen molar-refractivity contribution < 1.29 is 12.8 Å². The minimum absolute atomic E-state index is 0.0698. The number of benzene rings is 1. The molecule has 2 N–H and O–H groups in total. The van der Waals surface area contributed by atoms with E-state index in [0.29, 0.717) is 18.7 Å². The SMILES string of the molecule is CCNS(=O)(=O)CCN1Cc2ccc(F)cc2C1=N. The molecular formula is C12H16FN3O2S. The zero-order valence-corrected chi connectivity index (χ0v) is 11.4. The number of sulfonamides is 1. The zero-order valence-electron chi connectivity index (χ0n) is 10.6. The van der Waals surface area contributed by atoms with Crippen LogP contribution in [0.15, 0.2) is 18.2 Å². The summed E-state index contributed by atoms with van der Waals surface area (Å²) in [6.07, 6.45) is 0. The van der Waals surface area contributed by atoms with Crippen LogP contribution in [0.2, 0.25) is 0 Å². The van der Waals surface area contributed by atoms with Crippen molar-refractivity contribution in [1.29, 1.82) is 5.41 Å². The summed E-state index contributed by atoms with van der Waals surface area (Å²) in [5, 5.41) is 7.94. The van der Waals surface area contributed by atoms with E-state index in [1.54, 1.807) is 17.9 Å². The fourth-order valence-electron chi connectivity index (χ4n) is 2.08. The topological polar surface area (TPSA) is 73.3 Å². The van der Waals surface area contributed by atoms with Gasteiger partial charge in [-0.05, 0) is 17.7 Å². The second-order valence-corrected chi connectivity index (χ2v) is 6.31. The number of nitrogens with zero attached hydrogens (tertiary/aromatic N) is 1. The molecule has 19 heavy (non-hydrogen) atoms. The normalized spacial score (nSPS) is 14.8. The molecule has 0 atom stereocenters. The molecular weight excluding hydrogens is 269 g/mol. The lowest BCUT2D eigenvalue weighted by molar-refractivity contribution is 0.449. The molecule has 1 aromatic rings. The Morgan fingerprint density at radius 3 is 2.89 bits per heavy atom. The average Bonchev–Trinajstić information content (AvgIpc) is 2.64. The number of rotatable bonds is 5. The van der Waals surface area contributed by atoms with Crippen molar-refractivity contribution in [3.63, 3.8) is 0 Å². The molecule has 5 nitrogen and oxygen atoms in total. The van der Waals surface area contributed by atoms with Crippen LogP contribution < -0.4 is 4.72 Å². The molecule has 1 aliphatic heterocycles. The summed E-state index contributed by atoms with van der Waals surface area (Å²) in [6.45, 7) is 2.75. The molecule has 0 unspecified atom stereocenters. The largest absolute Gasteiger partial charge is 0.351 e. The van der Waals surface area contributed by atoms with E-state index in [1.807, 2.05) is 0 Å². The van der Waals surface area contributed by atoms with Gasteiger partial charge in [0.25, 0.3) is 0 Å². The van der Waals surface area contributed by atoms with Crippen molar-refractivity contribution in [3.05, 3.63) is 35.1 Å². The summed E-state index contributed by atoms with van der Waals surface area (Å²) in [7, 11) is -3.30. The molecule has 0 saturated carbocycles. The molecule has 0 bridgehead atoms. The fraction of sp³-hybridized carbons (Fsp3) is 0.417. The van der Waals surface area contributed by atoms with Crippen molar-refractivity contribution in [2.75, 3.05) is 18.8 Å². The second-order valence-electron chi connectivity index (χ2n) is 4.39. The smallest absolute Gasteiger partial charge is 0.213 e. The number of fused-ring (bicyclic) bond motifs is 1. The highest BCUT2D eigenvalue weighted by molar-refractivity contribution is 7.89. The van der Waals surface area contributed by atoms with Gasteiger partial charge in [0, 0.05) is 25.2 Å². The van der Waals surface area contributed by atoms with Gasteiger partial charge in [-0.3, -0.25) is 5.41 Å². The first-order valence-corrected chi connectivity index (χ1v) is 7.68. The number of hydrogen-bond donors (Lipinski definition) is 2. The van der Waals surface area contributed by atoms with Gasteiger partial charge in [0.1, 0.15) is 11.7 Å². The minimum Gasteiger partial charge on any atom is -0.351 e. The Morgan fingerprint density at radius 1 is 1.47 bits per heavy atom. The minimum atomic E-state index is -3.30. The molecule has 104 valence electrons. The van der Waals surface area contributed by atoms with Crippen molar-refractivity contribution >= 4 is 15.9 Å². The number of hydrogen-bond acceptors (Lipinski definition) is 3. The van der Waals surface area contributed by atoms with Crippen LogP contribution in [0.25, 0.3) is 0 Å². The molecule has 1 aliphatic rings. The van der Waals surface area contributed by atoms with E-state index in [4.69, 9.17) is 5.41 Å². The summed E-state index contributed by atoms with van der Waals surface area (Å²) >= 11 is 0. The first-order chi connectivity index (χ1) is 8.93. The molecule has 1 heterocycles. The van der Waals surface area contributed by atoms with Crippen LogP contribution in [0.4, 0.5) is 4.39 Å². The summed E-state index contributed by atoms with van der Waals surface area (Å²) in [5.74, 6) is -0.272. The van der Waals surface area contributed by atoms with Crippen LogP contribution in [-0.2, 0) is 16.6 Å². The Hall–Kier alpha value is -1.47.